The molecular weight excluding hydrogens is 256 g/mol. The Hall–Kier alpha value is -1.23. The van der Waals surface area contributed by atoms with Crippen LogP contribution in [0.1, 0.15) is 18.5 Å². The van der Waals surface area contributed by atoms with Gasteiger partial charge in [0.2, 0.25) is 0 Å². The number of nitrogens with zero attached hydrogens (tertiary/aromatic N) is 2. The smallest absolute Gasteiger partial charge is 0.152 e. The molecule has 15 heavy (non-hydrogen) atoms. The lowest BCUT2D eigenvalue weighted by atomic mass is 10.3. The molecule has 0 saturated carbocycles. The third-order valence-corrected chi connectivity index (χ3v) is 2.79. The molecule has 2 rings (SSSR count). The maximum absolute atomic E-state index is 7.96. The minimum atomic E-state index is 0.318. The second-order valence-electron chi connectivity index (χ2n) is 3.40. The van der Waals surface area contributed by atoms with E-state index in [9.17, 15) is 0 Å². The van der Waals surface area contributed by atoms with Gasteiger partial charge in [0.25, 0.3) is 0 Å². The molecule has 0 unspecified atom stereocenters. The zero-order chi connectivity index (χ0) is 10.8. The van der Waals surface area contributed by atoms with Gasteiger partial charge < -0.3 is 4.90 Å². The second kappa shape index (κ2) is 4.10. The van der Waals surface area contributed by atoms with Crippen LogP contribution in [0.15, 0.2) is 22.8 Å². The van der Waals surface area contributed by atoms with E-state index in [2.05, 4.69) is 20.9 Å². The Morgan fingerprint density at radius 2 is 2.27 bits per heavy atom. The number of rotatable bonds is 1. The van der Waals surface area contributed by atoms with Crippen molar-refractivity contribution in [2.45, 2.75) is 12.8 Å². The van der Waals surface area contributed by atoms with Crippen LogP contribution in [-0.4, -0.2) is 28.1 Å². The number of aromatic nitrogens is 1. The van der Waals surface area contributed by atoms with E-state index in [1.807, 2.05) is 12.1 Å². The third-order valence-electron chi connectivity index (χ3n) is 2.35. The molecule has 1 aliphatic rings. The Balaban J connectivity index is 2.24. The molecule has 0 spiro atoms. The third kappa shape index (κ3) is 2.07. The van der Waals surface area contributed by atoms with Crippen molar-refractivity contribution in [1.29, 1.82) is 10.8 Å². The summed E-state index contributed by atoms with van der Waals surface area (Å²) in [7, 11) is 0. The molecule has 5 heteroatoms. The average Bonchev–Trinajstić information content (AvgIpc) is 2.63. The van der Waals surface area contributed by atoms with E-state index in [1.54, 1.807) is 11.0 Å². The first-order chi connectivity index (χ1) is 7.18. The summed E-state index contributed by atoms with van der Waals surface area (Å²) in [5, 5.41) is 15.6. The van der Waals surface area contributed by atoms with Crippen LogP contribution >= 0.6 is 15.9 Å². The molecule has 0 bridgehead atoms. The lowest BCUT2D eigenvalue weighted by Gasteiger charge is -2.17. The van der Waals surface area contributed by atoms with Crippen LogP contribution in [0, 0.1) is 10.8 Å². The zero-order valence-electron chi connectivity index (χ0n) is 8.13. The van der Waals surface area contributed by atoms with Gasteiger partial charge in [-0.05, 0) is 34.5 Å². The van der Waals surface area contributed by atoms with E-state index in [4.69, 9.17) is 10.8 Å². The van der Waals surface area contributed by atoms with Crippen molar-refractivity contribution in [2.24, 2.45) is 0 Å². The summed E-state index contributed by atoms with van der Waals surface area (Å²) >= 11 is 3.27. The Bertz CT molecular complexity index is 416. The van der Waals surface area contributed by atoms with Gasteiger partial charge in [0.05, 0.1) is 0 Å². The van der Waals surface area contributed by atoms with Gasteiger partial charge in [-0.1, -0.05) is 6.07 Å². The van der Waals surface area contributed by atoms with E-state index in [1.165, 1.54) is 0 Å². The maximum Gasteiger partial charge on any atom is 0.152 e. The van der Waals surface area contributed by atoms with E-state index in [0.29, 0.717) is 17.4 Å². The highest BCUT2D eigenvalue weighted by Crippen LogP contribution is 2.14. The highest BCUT2D eigenvalue weighted by molar-refractivity contribution is 9.10. The monoisotopic (exact) mass is 266 g/mol. The summed E-state index contributed by atoms with van der Waals surface area (Å²) in [6, 6.07) is 5.46. The molecule has 78 valence electrons. The van der Waals surface area contributed by atoms with E-state index in [-0.39, 0.29) is 0 Å². The summed E-state index contributed by atoms with van der Waals surface area (Å²) in [6.07, 6.45) is 1.71. The predicted molar refractivity (Wildman–Crippen MR) is 62.4 cm³/mol. The van der Waals surface area contributed by atoms with Gasteiger partial charge in [0.15, 0.2) is 5.84 Å². The molecule has 1 aromatic heterocycles. The molecule has 4 nitrogen and oxygen atoms in total. The summed E-state index contributed by atoms with van der Waals surface area (Å²) in [5.74, 6) is 0.834. The first kappa shape index (κ1) is 10.3. The van der Waals surface area contributed by atoms with Crippen molar-refractivity contribution in [3.63, 3.8) is 0 Å². The van der Waals surface area contributed by atoms with Crippen LogP contribution in [-0.2, 0) is 0 Å². The van der Waals surface area contributed by atoms with Crippen molar-refractivity contribution >= 4 is 27.6 Å². The molecule has 2 N–H and O–H groups in total. The lowest BCUT2D eigenvalue weighted by molar-refractivity contribution is 0.646. The molecule has 1 fully saturated rings. The van der Waals surface area contributed by atoms with E-state index < -0.39 is 0 Å². The standard InChI is InChI=1S/C10H11BrN4/c11-8-4-1-3-7(14-8)10(13)15-6-2-5-9(15)12/h1,3-4,12-13H,2,5-6H2. The van der Waals surface area contributed by atoms with Crippen molar-refractivity contribution < 1.29 is 0 Å². The molecule has 0 aliphatic carbocycles. The van der Waals surface area contributed by atoms with E-state index in [0.717, 1.165) is 24.0 Å². The van der Waals surface area contributed by atoms with Crippen LogP contribution in [0.25, 0.3) is 0 Å². The first-order valence-corrected chi connectivity index (χ1v) is 5.54. The average molecular weight is 267 g/mol. The van der Waals surface area contributed by atoms with Gasteiger partial charge in [-0.25, -0.2) is 4.98 Å². The van der Waals surface area contributed by atoms with E-state index >= 15 is 0 Å². The fourth-order valence-electron chi connectivity index (χ4n) is 1.60. The number of amidine groups is 2. The fourth-order valence-corrected chi connectivity index (χ4v) is 1.94. The number of halogens is 1. The summed E-state index contributed by atoms with van der Waals surface area (Å²) in [4.78, 5) is 5.91. The van der Waals surface area contributed by atoms with Gasteiger partial charge in [0, 0.05) is 13.0 Å². The minimum Gasteiger partial charge on any atom is -0.314 e. The SMILES string of the molecule is N=C1CCCN1C(=N)c1cccc(Br)n1. The van der Waals surface area contributed by atoms with Crippen molar-refractivity contribution in [3.8, 4) is 0 Å². The highest BCUT2D eigenvalue weighted by Gasteiger charge is 2.22. The van der Waals surface area contributed by atoms with Crippen molar-refractivity contribution in [3.05, 3.63) is 28.5 Å². The topological polar surface area (TPSA) is 63.8 Å². The van der Waals surface area contributed by atoms with Gasteiger partial charge in [-0.3, -0.25) is 10.8 Å². The lowest BCUT2D eigenvalue weighted by Crippen LogP contribution is -2.32. The Morgan fingerprint density at radius 3 is 2.87 bits per heavy atom. The molecule has 0 atom stereocenters. The van der Waals surface area contributed by atoms with Crippen LogP contribution in [0.5, 0.6) is 0 Å². The van der Waals surface area contributed by atoms with Gasteiger partial charge >= 0.3 is 0 Å². The minimum absolute atomic E-state index is 0.318. The molecular formula is C10H11BrN4. The molecule has 1 aliphatic heterocycles. The quantitative estimate of drug-likeness (QED) is 0.465. The molecule has 1 saturated heterocycles. The largest absolute Gasteiger partial charge is 0.314 e. The summed E-state index contributed by atoms with van der Waals surface area (Å²) in [5.41, 5.74) is 0.607. The van der Waals surface area contributed by atoms with Crippen LogP contribution < -0.4 is 0 Å². The molecule has 1 aromatic rings. The van der Waals surface area contributed by atoms with Crippen LogP contribution in [0.4, 0.5) is 0 Å². The fraction of sp³-hybridized carbons (Fsp3) is 0.300. The molecule has 0 radical (unpaired) electrons. The maximum atomic E-state index is 7.96. The number of pyridine rings is 1. The van der Waals surface area contributed by atoms with Crippen LogP contribution in [0.3, 0.4) is 0 Å². The summed E-state index contributed by atoms with van der Waals surface area (Å²) < 4.78 is 0.718. The number of nitrogens with one attached hydrogen (secondary N) is 2. The number of hydrogen-bond acceptors (Lipinski definition) is 3. The number of hydrogen-bond donors (Lipinski definition) is 2. The van der Waals surface area contributed by atoms with Gasteiger partial charge in [0.1, 0.15) is 16.1 Å². The normalized spacial score (nSPS) is 15.8. The first-order valence-electron chi connectivity index (χ1n) is 4.75. The number of likely N-dealkylation sites (tertiary alicyclic amines) is 1. The van der Waals surface area contributed by atoms with Gasteiger partial charge in [-0.15, -0.1) is 0 Å². The predicted octanol–water partition coefficient (Wildman–Crippen LogP) is 2.24. The molecule has 0 amide bonds. The zero-order valence-corrected chi connectivity index (χ0v) is 9.71. The Labute approximate surface area is 96.5 Å². The highest BCUT2D eigenvalue weighted by atomic mass is 79.9. The summed E-state index contributed by atoms with van der Waals surface area (Å²) in [6.45, 7) is 0.756. The molecule has 0 aromatic carbocycles. The molecule has 2 heterocycles. The Kier molecular flexibility index (Phi) is 2.81. The van der Waals surface area contributed by atoms with Crippen LogP contribution in [0.2, 0.25) is 0 Å². The van der Waals surface area contributed by atoms with Crippen molar-refractivity contribution in [1.82, 2.24) is 9.88 Å². The second-order valence-corrected chi connectivity index (χ2v) is 4.21. The Morgan fingerprint density at radius 1 is 1.47 bits per heavy atom. The van der Waals surface area contributed by atoms with Gasteiger partial charge in [-0.2, -0.15) is 0 Å². The van der Waals surface area contributed by atoms with Crippen molar-refractivity contribution in [2.75, 3.05) is 6.54 Å².